The Morgan fingerprint density at radius 2 is 2.04 bits per heavy atom. The van der Waals surface area contributed by atoms with Gasteiger partial charge in [0.25, 0.3) is 0 Å². The molecule has 3 rings (SSSR count). The van der Waals surface area contributed by atoms with E-state index in [4.69, 9.17) is 32.4 Å². The second-order valence-electron chi connectivity index (χ2n) is 5.24. The van der Waals surface area contributed by atoms with Crippen LogP contribution in [0.25, 0.3) is 6.08 Å². The smallest absolute Gasteiger partial charge is 0.189 e. The fourth-order valence-corrected chi connectivity index (χ4v) is 2.63. The summed E-state index contributed by atoms with van der Waals surface area (Å²) >= 11 is 12.1. The van der Waals surface area contributed by atoms with Crippen molar-refractivity contribution >= 4 is 35.1 Å². The molecule has 2 heterocycles. The average Bonchev–Trinajstić information content (AvgIpc) is 3.21. The van der Waals surface area contributed by atoms with E-state index in [1.807, 2.05) is 0 Å². The van der Waals surface area contributed by atoms with Crippen LogP contribution in [0.2, 0.25) is 10.0 Å². The van der Waals surface area contributed by atoms with Crippen LogP contribution in [0.3, 0.4) is 0 Å². The van der Waals surface area contributed by atoms with Gasteiger partial charge in [0.15, 0.2) is 11.5 Å². The normalized spacial score (nSPS) is 11.2. The van der Waals surface area contributed by atoms with Gasteiger partial charge < -0.3 is 9.15 Å². The SMILES string of the molecule is Cn1cc(C(=O)/C=C/c2ccc(COc3c(Cl)cccc3Cl)o2)cn1. The van der Waals surface area contributed by atoms with Gasteiger partial charge in [-0.25, -0.2) is 0 Å². The number of hydrogen-bond donors (Lipinski definition) is 0. The van der Waals surface area contributed by atoms with Crippen molar-refractivity contribution in [2.45, 2.75) is 6.61 Å². The van der Waals surface area contributed by atoms with Gasteiger partial charge in [0, 0.05) is 13.2 Å². The van der Waals surface area contributed by atoms with Crippen molar-refractivity contribution in [1.29, 1.82) is 0 Å². The van der Waals surface area contributed by atoms with Gasteiger partial charge in [0.05, 0.1) is 21.8 Å². The zero-order chi connectivity index (χ0) is 17.8. The second-order valence-corrected chi connectivity index (χ2v) is 6.06. The van der Waals surface area contributed by atoms with Crippen LogP contribution in [0.1, 0.15) is 21.9 Å². The molecule has 0 spiro atoms. The minimum Gasteiger partial charge on any atom is -0.483 e. The molecular formula is C18H14Cl2N2O3. The Kier molecular flexibility index (Phi) is 5.26. The molecule has 2 aromatic heterocycles. The summed E-state index contributed by atoms with van der Waals surface area (Å²) in [6.45, 7) is 0.174. The van der Waals surface area contributed by atoms with E-state index in [2.05, 4.69) is 5.10 Å². The van der Waals surface area contributed by atoms with Crippen LogP contribution < -0.4 is 4.74 Å². The third kappa shape index (κ3) is 4.32. The number of carbonyl (C=O) groups is 1. The van der Waals surface area contributed by atoms with E-state index < -0.39 is 0 Å². The van der Waals surface area contributed by atoms with Gasteiger partial charge in [-0.3, -0.25) is 9.48 Å². The summed E-state index contributed by atoms with van der Waals surface area (Å²) in [5.41, 5.74) is 0.516. The van der Waals surface area contributed by atoms with Gasteiger partial charge in [-0.05, 0) is 36.4 Å². The second kappa shape index (κ2) is 7.59. The number of ether oxygens (including phenoxy) is 1. The Labute approximate surface area is 154 Å². The molecule has 0 radical (unpaired) electrons. The summed E-state index contributed by atoms with van der Waals surface area (Å²) in [6.07, 6.45) is 6.20. The van der Waals surface area contributed by atoms with E-state index >= 15 is 0 Å². The lowest BCUT2D eigenvalue weighted by Gasteiger charge is -2.07. The lowest BCUT2D eigenvalue weighted by Crippen LogP contribution is -1.95. The number of halogens is 2. The molecule has 0 atom stereocenters. The minimum atomic E-state index is -0.148. The zero-order valence-electron chi connectivity index (χ0n) is 13.3. The van der Waals surface area contributed by atoms with E-state index in [1.54, 1.807) is 54.3 Å². The maximum atomic E-state index is 12.0. The van der Waals surface area contributed by atoms with Crippen molar-refractivity contribution in [3.05, 3.63) is 75.9 Å². The molecule has 0 saturated heterocycles. The van der Waals surface area contributed by atoms with E-state index in [0.29, 0.717) is 32.9 Å². The highest BCUT2D eigenvalue weighted by atomic mass is 35.5. The number of ketones is 1. The molecule has 128 valence electrons. The number of carbonyl (C=O) groups excluding carboxylic acids is 1. The Bertz CT molecular complexity index is 908. The van der Waals surface area contributed by atoms with Gasteiger partial charge in [-0.15, -0.1) is 0 Å². The highest BCUT2D eigenvalue weighted by Gasteiger charge is 2.09. The lowest BCUT2D eigenvalue weighted by molar-refractivity contribution is 0.104. The van der Waals surface area contributed by atoms with Gasteiger partial charge in [-0.1, -0.05) is 29.3 Å². The van der Waals surface area contributed by atoms with E-state index in [0.717, 1.165) is 0 Å². The topological polar surface area (TPSA) is 57.3 Å². The number of aromatic nitrogens is 2. The first-order chi connectivity index (χ1) is 12.0. The molecule has 0 aliphatic rings. The van der Waals surface area contributed by atoms with E-state index in [9.17, 15) is 4.79 Å². The molecule has 0 bridgehead atoms. The van der Waals surface area contributed by atoms with Gasteiger partial charge >= 0.3 is 0 Å². The number of allylic oxidation sites excluding steroid dienone is 1. The first-order valence-electron chi connectivity index (χ1n) is 7.39. The summed E-state index contributed by atoms with van der Waals surface area (Å²) in [5.74, 6) is 1.39. The maximum Gasteiger partial charge on any atom is 0.189 e. The van der Waals surface area contributed by atoms with Crippen molar-refractivity contribution in [2.24, 2.45) is 7.05 Å². The number of hydrogen-bond acceptors (Lipinski definition) is 4. The quantitative estimate of drug-likeness (QED) is 0.458. The zero-order valence-corrected chi connectivity index (χ0v) is 14.8. The summed E-state index contributed by atoms with van der Waals surface area (Å²) < 4.78 is 12.8. The molecule has 5 nitrogen and oxygen atoms in total. The van der Waals surface area contributed by atoms with Crippen LogP contribution >= 0.6 is 23.2 Å². The molecule has 0 saturated carbocycles. The first kappa shape index (κ1) is 17.3. The van der Waals surface area contributed by atoms with Gasteiger partial charge in [0.1, 0.15) is 18.1 Å². The van der Waals surface area contributed by atoms with Crippen molar-refractivity contribution in [1.82, 2.24) is 9.78 Å². The number of rotatable bonds is 6. The minimum absolute atomic E-state index is 0.148. The molecule has 25 heavy (non-hydrogen) atoms. The van der Waals surface area contributed by atoms with Crippen molar-refractivity contribution in [3.8, 4) is 5.75 Å². The van der Waals surface area contributed by atoms with Crippen molar-refractivity contribution in [2.75, 3.05) is 0 Å². The van der Waals surface area contributed by atoms with Gasteiger partial charge in [0.2, 0.25) is 0 Å². The lowest BCUT2D eigenvalue weighted by atomic mass is 10.2. The Hall–Kier alpha value is -2.50. The Morgan fingerprint density at radius 1 is 1.28 bits per heavy atom. The predicted octanol–water partition coefficient (Wildman–Crippen LogP) is 4.80. The van der Waals surface area contributed by atoms with Crippen LogP contribution in [0, 0.1) is 0 Å². The molecule has 0 unspecified atom stereocenters. The standard InChI is InChI=1S/C18H14Cl2N2O3/c1-22-10-12(9-21-22)17(23)8-7-13-5-6-14(25-13)11-24-18-15(19)3-2-4-16(18)20/h2-10H,11H2,1H3/b8-7+. The fraction of sp³-hybridized carbons (Fsp3) is 0.111. The molecular weight excluding hydrogens is 363 g/mol. The number of benzene rings is 1. The molecule has 1 aromatic carbocycles. The number of aryl methyl sites for hydroxylation is 1. The van der Waals surface area contributed by atoms with Gasteiger partial charge in [-0.2, -0.15) is 5.10 Å². The van der Waals surface area contributed by atoms with Crippen molar-refractivity contribution < 1.29 is 13.9 Å². The summed E-state index contributed by atoms with van der Waals surface area (Å²) in [4.78, 5) is 12.0. The average molecular weight is 377 g/mol. The monoisotopic (exact) mass is 376 g/mol. The Morgan fingerprint density at radius 3 is 2.72 bits per heavy atom. The third-order valence-electron chi connectivity index (χ3n) is 3.35. The van der Waals surface area contributed by atoms with Crippen LogP contribution in [-0.2, 0) is 13.7 Å². The van der Waals surface area contributed by atoms with E-state index in [-0.39, 0.29) is 12.4 Å². The highest BCUT2D eigenvalue weighted by molar-refractivity contribution is 6.37. The molecule has 3 aromatic rings. The molecule has 0 N–H and O–H groups in total. The first-order valence-corrected chi connectivity index (χ1v) is 8.15. The third-order valence-corrected chi connectivity index (χ3v) is 3.94. The largest absolute Gasteiger partial charge is 0.483 e. The van der Waals surface area contributed by atoms with Crippen LogP contribution in [-0.4, -0.2) is 15.6 Å². The number of para-hydroxylation sites is 1. The van der Waals surface area contributed by atoms with Crippen molar-refractivity contribution in [3.63, 3.8) is 0 Å². The van der Waals surface area contributed by atoms with Crippen LogP contribution in [0.15, 0.2) is 53.2 Å². The van der Waals surface area contributed by atoms with E-state index in [1.165, 1.54) is 12.3 Å². The summed E-state index contributed by atoms with van der Waals surface area (Å²) in [7, 11) is 1.75. The van der Waals surface area contributed by atoms with Crippen LogP contribution in [0.4, 0.5) is 0 Å². The predicted molar refractivity (Wildman–Crippen MR) is 96.1 cm³/mol. The summed E-state index contributed by atoms with van der Waals surface area (Å²) in [6, 6.07) is 8.65. The fourth-order valence-electron chi connectivity index (χ4n) is 2.13. The molecule has 0 amide bonds. The summed E-state index contributed by atoms with van der Waals surface area (Å²) in [5, 5.41) is 4.83. The van der Waals surface area contributed by atoms with Crippen LogP contribution in [0.5, 0.6) is 5.75 Å². The number of nitrogens with zero attached hydrogens (tertiary/aromatic N) is 2. The maximum absolute atomic E-state index is 12.0. The molecule has 0 aliphatic heterocycles. The number of furan rings is 1. The molecule has 7 heteroatoms. The molecule has 0 aliphatic carbocycles. The Balaban J connectivity index is 1.62. The highest BCUT2D eigenvalue weighted by Crippen LogP contribution is 2.33. The molecule has 0 fully saturated rings.